The maximum Gasteiger partial charge on any atom is 0.0482 e. The molecule has 0 atom stereocenters. The van der Waals surface area contributed by atoms with Crippen molar-refractivity contribution in [1.82, 2.24) is 4.57 Å². The molecule has 0 amide bonds. The van der Waals surface area contributed by atoms with E-state index in [2.05, 4.69) is 62.7 Å². The molecule has 2 aromatic rings. The summed E-state index contributed by atoms with van der Waals surface area (Å²) in [6.07, 6.45) is 2.22. The van der Waals surface area contributed by atoms with Gasteiger partial charge in [-0.25, -0.2) is 0 Å². The fraction of sp³-hybridized carbons (Fsp3) is 0.286. The fourth-order valence-corrected chi connectivity index (χ4v) is 1.92. The van der Waals surface area contributed by atoms with E-state index < -0.39 is 0 Å². The Morgan fingerprint density at radius 3 is 2.60 bits per heavy atom. The lowest BCUT2D eigenvalue weighted by Gasteiger charge is -2.00. The number of allylic oxidation sites excluding steroid dienone is 1. The molecule has 0 aliphatic rings. The van der Waals surface area contributed by atoms with Crippen LogP contribution in [-0.2, 0) is 7.05 Å². The predicted octanol–water partition coefficient (Wildman–Crippen LogP) is 3.91. The van der Waals surface area contributed by atoms with E-state index in [9.17, 15) is 0 Å². The van der Waals surface area contributed by atoms with Crippen LogP contribution >= 0.6 is 0 Å². The zero-order valence-electron chi connectivity index (χ0n) is 9.83. The molecule has 0 unspecified atom stereocenters. The molecular formula is C14H17N. The Balaban J connectivity index is 2.69. The van der Waals surface area contributed by atoms with Crippen molar-refractivity contribution in [3.05, 3.63) is 41.1 Å². The second-order valence-corrected chi connectivity index (χ2v) is 4.41. The highest BCUT2D eigenvalue weighted by molar-refractivity contribution is 5.84. The zero-order valence-corrected chi connectivity index (χ0v) is 9.83. The summed E-state index contributed by atoms with van der Waals surface area (Å²) in [5.74, 6) is 0. The smallest absolute Gasteiger partial charge is 0.0482 e. The molecular weight excluding hydrogens is 182 g/mol. The summed E-state index contributed by atoms with van der Waals surface area (Å²) in [6, 6.07) is 8.83. The van der Waals surface area contributed by atoms with Crippen LogP contribution in [0.25, 0.3) is 17.0 Å². The normalized spacial score (nSPS) is 10.7. The lowest BCUT2D eigenvalue weighted by atomic mass is 10.2. The molecule has 1 nitrogen and oxygen atoms in total. The summed E-state index contributed by atoms with van der Waals surface area (Å²) in [7, 11) is 2.12. The van der Waals surface area contributed by atoms with Gasteiger partial charge in [-0.05, 0) is 45.0 Å². The highest BCUT2D eigenvalue weighted by atomic mass is 14.9. The van der Waals surface area contributed by atoms with Gasteiger partial charge in [0.1, 0.15) is 0 Å². The van der Waals surface area contributed by atoms with Crippen LogP contribution in [-0.4, -0.2) is 4.57 Å². The Morgan fingerprint density at radius 1 is 1.20 bits per heavy atom. The summed E-state index contributed by atoms with van der Waals surface area (Å²) in [5.41, 5.74) is 5.22. The number of hydrogen-bond donors (Lipinski definition) is 0. The first kappa shape index (κ1) is 10.0. The van der Waals surface area contributed by atoms with Crippen molar-refractivity contribution in [2.75, 3.05) is 0 Å². The molecule has 1 heterocycles. The predicted molar refractivity (Wildman–Crippen MR) is 67.0 cm³/mol. The van der Waals surface area contributed by atoms with Gasteiger partial charge in [-0.15, -0.1) is 0 Å². The fourth-order valence-electron chi connectivity index (χ4n) is 1.92. The molecule has 0 radical (unpaired) electrons. The lowest BCUT2D eigenvalue weighted by Crippen LogP contribution is -1.90. The van der Waals surface area contributed by atoms with Gasteiger partial charge in [0, 0.05) is 23.6 Å². The number of nitrogens with zero attached hydrogens (tertiary/aromatic N) is 1. The molecule has 2 rings (SSSR count). The molecule has 1 heteroatoms. The number of aryl methyl sites for hydroxylation is 2. The van der Waals surface area contributed by atoms with Gasteiger partial charge >= 0.3 is 0 Å². The van der Waals surface area contributed by atoms with Crippen molar-refractivity contribution in [3.8, 4) is 0 Å². The van der Waals surface area contributed by atoms with Crippen molar-refractivity contribution < 1.29 is 0 Å². The van der Waals surface area contributed by atoms with E-state index in [1.54, 1.807) is 0 Å². The molecule has 0 spiro atoms. The maximum atomic E-state index is 2.25. The summed E-state index contributed by atoms with van der Waals surface area (Å²) in [5, 5.41) is 1.32. The van der Waals surface area contributed by atoms with Crippen molar-refractivity contribution in [1.29, 1.82) is 0 Å². The quantitative estimate of drug-likeness (QED) is 0.656. The second-order valence-electron chi connectivity index (χ2n) is 4.41. The molecule has 15 heavy (non-hydrogen) atoms. The number of hydrogen-bond acceptors (Lipinski definition) is 0. The molecule has 1 aromatic heterocycles. The van der Waals surface area contributed by atoms with Crippen LogP contribution in [0.1, 0.15) is 25.1 Å². The summed E-state index contributed by atoms with van der Waals surface area (Å²) < 4.78 is 2.24. The number of rotatable bonds is 1. The number of fused-ring (bicyclic) bond motifs is 1. The van der Waals surface area contributed by atoms with E-state index in [-0.39, 0.29) is 0 Å². The third-order valence-corrected chi connectivity index (χ3v) is 2.67. The van der Waals surface area contributed by atoms with Gasteiger partial charge in [-0.3, -0.25) is 0 Å². The monoisotopic (exact) mass is 199 g/mol. The molecule has 0 aliphatic carbocycles. The largest absolute Gasteiger partial charge is 0.344 e. The molecule has 1 aromatic carbocycles. The van der Waals surface area contributed by atoms with Crippen molar-refractivity contribution >= 4 is 17.0 Å². The number of aromatic nitrogens is 1. The van der Waals surface area contributed by atoms with Gasteiger partial charge in [-0.2, -0.15) is 0 Å². The minimum absolute atomic E-state index is 1.27. The van der Waals surface area contributed by atoms with Crippen LogP contribution in [0.2, 0.25) is 0 Å². The van der Waals surface area contributed by atoms with Crippen molar-refractivity contribution in [2.45, 2.75) is 20.8 Å². The first-order chi connectivity index (χ1) is 7.08. The Bertz CT molecular complexity index is 526. The SMILES string of the molecule is CC(C)=Cc1cc2cc(C)ccc2n1C. The molecule has 0 bridgehead atoms. The Labute approximate surface area is 91.0 Å². The topological polar surface area (TPSA) is 4.93 Å². The van der Waals surface area contributed by atoms with Crippen LogP contribution in [0.5, 0.6) is 0 Å². The first-order valence-electron chi connectivity index (χ1n) is 5.29. The number of benzene rings is 1. The standard InChI is InChI=1S/C14H17N/c1-10(2)7-13-9-12-8-11(3)5-6-14(12)15(13)4/h5-9H,1-4H3. The zero-order chi connectivity index (χ0) is 11.0. The summed E-state index contributed by atoms with van der Waals surface area (Å²) in [4.78, 5) is 0. The third-order valence-electron chi connectivity index (χ3n) is 2.67. The summed E-state index contributed by atoms with van der Waals surface area (Å²) in [6.45, 7) is 6.39. The molecule has 78 valence electrons. The Hall–Kier alpha value is -1.50. The van der Waals surface area contributed by atoms with E-state index >= 15 is 0 Å². The van der Waals surface area contributed by atoms with Gasteiger partial charge in [0.05, 0.1) is 0 Å². The molecule has 0 saturated heterocycles. The van der Waals surface area contributed by atoms with Gasteiger partial charge < -0.3 is 4.57 Å². The highest BCUT2D eigenvalue weighted by Crippen LogP contribution is 2.21. The van der Waals surface area contributed by atoms with Crippen LogP contribution < -0.4 is 0 Å². The Morgan fingerprint density at radius 2 is 1.93 bits per heavy atom. The van der Waals surface area contributed by atoms with Crippen LogP contribution in [0.15, 0.2) is 29.8 Å². The average molecular weight is 199 g/mol. The average Bonchev–Trinajstić information content (AvgIpc) is 2.42. The minimum atomic E-state index is 1.27. The van der Waals surface area contributed by atoms with Gasteiger partial charge in [0.15, 0.2) is 0 Å². The second kappa shape index (κ2) is 3.58. The van der Waals surface area contributed by atoms with Crippen LogP contribution in [0, 0.1) is 6.92 Å². The van der Waals surface area contributed by atoms with Crippen molar-refractivity contribution in [2.24, 2.45) is 7.05 Å². The van der Waals surface area contributed by atoms with Gasteiger partial charge in [0.25, 0.3) is 0 Å². The van der Waals surface area contributed by atoms with Crippen molar-refractivity contribution in [3.63, 3.8) is 0 Å². The molecule has 0 saturated carbocycles. The molecule has 0 aliphatic heterocycles. The van der Waals surface area contributed by atoms with E-state index in [0.717, 1.165) is 0 Å². The van der Waals surface area contributed by atoms with Gasteiger partial charge in [0.2, 0.25) is 0 Å². The third kappa shape index (κ3) is 1.82. The highest BCUT2D eigenvalue weighted by Gasteiger charge is 2.02. The molecule has 0 fully saturated rings. The van der Waals surface area contributed by atoms with E-state index in [1.165, 1.54) is 27.7 Å². The molecule has 0 N–H and O–H groups in total. The summed E-state index contributed by atoms with van der Waals surface area (Å²) >= 11 is 0. The lowest BCUT2D eigenvalue weighted by molar-refractivity contribution is 0.953. The van der Waals surface area contributed by atoms with Crippen LogP contribution in [0.3, 0.4) is 0 Å². The van der Waals surface area contributed by atoms with Crippen LogP contribution in [0.4, 0.5) is 0 Å². The van der Waals surface area contributed by atoms with Gasteiger partial charge in [-0.1, -0.05) is 17.2 Å². The first-order valence-corrected chi connectivity index (χ1v) is 5.29. The Kier molecular flexibility index (Phi) is 2.39. The maximum absolute atomic E-state index is 2.25. The van der Waals surface area contributed by atoms with E-state index in [1.807, 2.05) is 0 Å². The van der Waals surface area contributed by atoms with E-state index in [0.29, 0.717) is 0 Å². The minimum Gasteiger partial charge on any atom is -0.344 e. The van der Waals surface area contributed by atoms with E-state index in [4.69, 9.17) is 0 Å².